The molecule has 6 heterocycles. The van der Waals surface area contributed by atoms with E-state index in [2.05, 4.69) is 367 Å². The van der Waals surface area contributed by atoms with Crippen molar-refractivity contribution in [2.75, 3.05) is 0 Å². The standard InChI is InChI=1S/2C21H19N.2C16H16O.2C15H14O/c1-15(2)16-9-3-6-12-19(16)22-20-13-7-4-10-17(20)18-11-5-8-14-21(18)22;1-15(2)16-8-7-9-17(14-16)22-20-12-5-3-10-18(20)19-11-4-6-13-21(19)22;1-16(2,3)11-8-9-15-13(10-11)12-6-4-5-7-14(12)17-15;1-16(2,3)11-8-9-13-12-6-4-5-7-14(12)17-15(13)10-11;1-10(2)11-7-5-8-13-12-6-3-4-9-14(12)16-15(11)13;1-10(2)11-7-5-9-14-15(11)12-6-3-4-8-13(12)16-14/h2*3-15H,1-2H3;2*4-10H,1-3H3;2*3-10H,1-2H3. The molecule has 0 spiro atoms. The highest BCUT2D eigenvalue weighted by molar-refractivity contribution is 6.12. The molecule has 0 saturated heterocycles. The number of para-hydroxylation sites is 10. The van der Waals surface area contributed by atoms with Crippen molar-refractivity contribution >= 4 is 131 Å². The van der Waals surface area contributed by atoms with E-state index < -0.39 is 0 Å². The molecule has 0 unspecified atom stereocenters. The molecular formula is C104H98N2O4. The Kier molecular flexibility index (Phi) is 20.6. The molecule has 0 fully saturated rings. The van der Waals surface area contributed by atoms with Crippen molar-refractivity contribution in [3.63, 3.8) is 0 Å². The van der Waals surface area contributed by atoms with Crippen molar-refractivity contribution in [2.45, 2.75) is 131 Å². The zero-order valence-electron chi connectivity index (χ0n) is 65.9. The molecule has 20 aromatic rings. The maximum Gasteiger partial charge on any atom is 0.138 e. The Bertz CT molecular complexity index is 6540. The second-order valence-electron chi connectivity index (χ2n) is 32.3. The lowest BCUT2D eigenvalue weighted by Crippen LogP contribution is -2.10. The molecule has 548 valence electrons. The van der Waals surface area contributed by atoms with Gasteiger partial charge in [-0.15, -0.1) is 0 Å². The van der Waals surface area contributed by atoms with Crippen LogP contribution in [0, 0.1) is 0 Å². The number of aromatic nitrogens is 2. The Hall–Kier alpha value is -12.1. The van der Waals surface area contributed by atoms with Gasteiger partial charge >= 0.3 is 0 Å². The SMILES string of the molecule is CC(C)(C)c1ccc2c(c1)oc1ccccc12.CC(C)(C)c1ccc2oc3ccccc3c2c1.CC(C)c1cccc(-n2c3ccccc3c3ccccc32)c1.CC(C)c1cccc2c1oc1ccccc12.CC(C)c1cccc2oc3ccccc3c12.CC(C)c1ccccc1-n1c2ccccc2c2ccccc21. The van der Waals surface area contributed by atoms with E-state index in [4.69, 9.17) is 17.7 Å². The molecule has 6 nitrogen and oxygen atoms in total. The van der Waals surface area contributed by atoms with Crippen LogP contribution < -0.4 is 0 Å². The first-order valence-corrected chi connectivity index (χ1v) is 39.0. The Morgan fingerprint density at radius 1 is 0.236 bits per heavy atom. The minimum Gasteiger partial charge on any atom is -0.456 e. The molecular weight excluding hydrogens is 1340 g/mol. The van der Waals surface area contributed by atoms with Crippen molar-refractivity contribution in [1.29, 1.82) is 0 Å². The maximum atomic E-state index is 5.94. The quantitative estimate of drug-likeness (QED) is 0.166. The van der Waals surface area contributed by atoms with Crippen molar-refractivity contribution in [3.05, 3.63) is 349 Å². The van der Waals surface area contributed by atoms with Crippen LogP contribution in [0.5, 0.6) is 0 Å². The summed E-state index contributed by atoms with van der Waals surface area (Å²) in [6.07, 6.45) is 0. The molecule has 0 bridgehead atoms. The van der Waals surface area contributed by atoms with Gasteiger partial charge in [-0.25, -0.2) is 0 Å². The first kappa shape index (κ1) is 73.4. The third-order valence-corrected chi connectivity index (χ3v) is 21.4. The number of benzene rings is 14. The first-order chi connectivity index (χ1) is 53.2. The number of hydrogen-bond donors (Lipinski definition) is 0. The molecule has 110 heavy (non-hydrogen) atoms. The second kappa shape index (κ2) is 30.9. The second-order valence-corrected chi connectivity index (χ2v) is 32.3. The van der Waals surface area contributed by atoms with Crippen LogP contribution in [0.15, 0.2) is 333 Å². The minimum absolute atomic E-state index is 0.160. The smallest absolute Gasteiger partial charge is 0.138 e. The Labute approximate surface area is 645 Å². The molecule has 0 saturated carbocycles. The number of fused-ring (bicyclic) bond motifs is 18. The predicted octanol–water partition coefficient (Wildman–Crippen LogP) is 31.0. The highest BCUT2D eigenvalue weighted by Crippen LogP contribution is 2.40. The van der Waals surface area contributed by atoms with E-state index in [-0.39, 0.29) is 10.8 Å². The van der Waals surface area contributed by atoms with Gasteiger partial charge in [-0.3, -0.25) is 0 Å². The summed E-state index contributed by atoms with van der Waals surface area (Å²) in [5.41, 5.74) is 23.9. The lowest BCUT2D eigenvalue weighted by Gasteiger charge is -2.18. The molecule has 0 aliphatic heterocycles. The van der Waals surface area contributed by atoms with Gasteiger partial charge in [0.25, 0.3) is 0 Å². The fourth-order valence-electron chi connectivity index (χ4n) is 15.5. The average Bonchev–Trinajstić information content (AvgIpc) is 1.68. The van der Waals surface area contributed by atoms with Gasteiger partial charge in [0, 0.05) is 76.0 Å². The zero-order valence-corrected chi connectivity index (χ0v) is 65.9. The number of nitrogens with zero attached hydrogens (tertiary/aromatic N) is 2. The Morgan fingerprint density at radius 3 is 1.15 bits per heavy atom. The van der Waals surface area contributed by atoms with Crippen LogP contribution in [0.1, 0.15) is 154 Å². The third kappa shape index (κ3) is 14.6. The van der Waals surface area contributed by atoms with Gasteiger partial charge in [-0.2, -0.15) is 0 Å². The van der Waals surface area contributed by atoms with Gasteiger partial charge in [0.1, 0.15) is 44.7 Å². The third-order valence-electron chi connectivity index (χ3n) is 21.4. The monoisotopic (exact) mass is 1440 g/mol. The van der Waals surface area contributed by atoms with Crippen LogP contribution in [0.3, 0.4) is 0 Å². The lowest BCUT2D eigenvalue weighted by atomic mass is 9.86. The van der Waals surface area contributed by atoms with Crippen molar-refractivity contribution < 1.29 is 17.7 Å². The van der Waals surface area contributed by atoms with E-state index in [9.17, 15) is 0 Å². The van der Waals surface area contributed by atoms with Crippen molar-refractivity contribution in [2.24, 2.45) is 0 Å². The number of furan rings is 4. The average molecular weight is 1440 g/mol. The van der Waals surface area contributed by atoms with Crippen LogP contribution in [-0.2, 0) is 10.8 Å². The highest BCUT2D eigenvalue weighted by atomic mass is 16.3. The van der Waals surface area contributed by atoms with Gasteiger partial charge in [0.05, 0.1) is 22.1 Å². The van der Waals surface area contributed by atoms with Crippen LogP contribution in [-0.4, -0.2) is 9.13 Å². The fourth-order valence-corrected chi connectivity index (χ4v) is 15.5. The molecule has 0 N–H and O–H groups in total. The van der Waals surface area contributed by atoms with Crippen LogP contribution >= 0.6 is 0 Å². The van der Waals surface area contributed by atoms with Crippen LogP contribution in [0.25, 0.3) is 143 Å². The molecule has 20 rings (SSSR count). The molecule has 0 aliphatic carbocycles. The number of rotatable bonds is 6. The highest BCUT2D eigenvalue weighted by Gasteiger charge is 2.21. The first-order valence-electron chi connectivity index (χ1n) is 39.0. The van der Waals surface area contributed by atoms with E-state index in [1.165, 1.54) is 131 Å². The molecule has 0 aliphatic rings. The predicted molar refractivity (Wildman–Crippen MR) is 470 cm³/mol. The van der Waals surface area contributed by atoms with Crippen molar-refractivity contribution in [1.82, 2.24) is 9.13 Å². The van der Waals surface area contributed by atoms with Gasteiger partial charge in [-0.1, -0.05) is 321 Å². The molecule has 0 atom stereocenters. The summed E-state index contributed by atoms with van der Waals surface area (Å²) in [5, 5.41) is 15.0. The van der Waals surface area contributed by atoms with Crippen molar-refractivity contribution in [3.8, 4) is 11.4 Å². The summed E-state index contributed by atoms with van der Waals surface area (Å²) < 4.78 is 28.3. The molecule has 0 amide bonds. The molecule has 0 radical (unpaired) electrons. The normalized spacial score (nSPS) is 11.9. The summed E-state index contributed by atoms with van der Waals surface area (Å²) >= 11 is 0. The number of hydrogen-bond acceptors (Lipinski definition) is 4. The van der Waals surface area contributed by atoms with E-state index >= 15 is 0 Å². The van der Waals surface area contributed by atoms with Crippen LogP contribution in [0.4, 0.5) is 0 Å². The van der Waals surface area contributed by atoms with E-state index in [1.54, 1.807) is 0 Å². The Morgan fingerprint density at radius 2 is 0.600 bits per heavy atom. The van der Waals surface area contributed by atoms with Gasteiger partial charge in [0.2, 0.25) is 0 Å². The van der Waals surface area contributed by atoms with E-state index in [0.717, 1.165) is 44.7 Å². The summed E-state index contributed by atoms with van der Waals surface area (Å²) in [5.74, 6) is 2.04. The summed E-state index contributed by atoms with van der Waals surface area (Å²) in [6, 6.07) is 111. The molecule has 6 heteroatoms. The van der Waals surface area contributed by atoms with E-state index in [0.29, 0.717) is 23.7 Å². The minimum atomic E-state index is 0.160. The van der Waals surface area contributed by atoms with Gasteiger partial charge in [-0.05, 0) is 159 Å². The molecule has 6 aromatic heterocycles. The topological polar surface area (TPSA) is 62.4 Å². The van der Waals surface area contributed by atoms with E-state index in [1.807, 2.05) is 54.6 Å². The van der Waals surface area contributed by atoms with Crippen LogP contribution in [0.2, 0.25) is 0 Å². The van der Waals surface area contributed by atoms with Gasteiger partial charge in [0.15, 0.2) is 0 Å². The Balaban J connectivity index is 0.000000105. The summed E-state index contributed by atoms with van der Waals surface area (Å²) in [6.45, 7) is 31.2. The largest absolute Gasteiger partial charge is 0.456 e. The lowest BCUT2D eigenvalue weighted by molar-refractivity contribution is 0.587. The summed E-state index contributed by atoms with van der Waals surface area (Å²) in [4.78, 5) is 0. The fraction of sp³-hybridized carbons (Fsp3) is 0.192. The zero-order chi connectivity index (χ0) is 76.5. The maximum absolute atomic E-state index is 5.94. The molecule has 14 aromatic carbocycles. The van der Waals surface area contributed by atoms with Gasteiger partial charge < -0.3 is 26.8 Å². The summed E-state index contributed by atoms with van der Waals surface area (Å²) in [7, 11) is 0.